The summed E-state index contributed by atoms with van der Waals surface area (Å²) in [4.78, 5) is 13.9. The average molecular weight is 443 g/mol. The third-order valence-electron chi connectivity index (χ3n) is 4.58. The minimum Gasteiger partial charge on any atom is -0.480 e. The molecule has 0 radical (unpaired) electrons. The molecular formula is C19H18BrCl2NO2. The lowest BCUT2D eigenvalue weighted by Gasteiger charge is -2.40. The quantitative estimate of drug-likeness (QED) is 0.651. The fourth-order valence-electron chi connectivity index (χ4n) is 3.48. The first-order valence-electron chi connectivity index (χ1n) is 8.16. The molecule has 2 atom stereocenters. The molecular weight excluding hydrogens is 425 g/mol. The molecule has 1 saturated heterocycles. The summed E-state index contributed by atoms with van der Waals surface area (Å²) < 4.78 is 0.948. The number of piperidine rings is 1. The lowest BCUT2D eigenvalue weighted by Crippen LogP contribution is -2.46. The van der Waals surface area contributed by atoms with E-state index in [1.54, 1.807) is 12.1 Å². The van der Waals surface area contributed by atoms with Gasteiger partial charge in [-0.2, -0.15) is 0 Å². The molecule has 1 N–H and O–H groups in total. The average Bonchev–Trinajstić information content (AvgIpc) is 2.57. The van der Waals surface area contributed by atoms with Gasteiger partial charge in [0.25, 0.3) is 0 Å². The fourth-order valence-corrected chi connectivity index (χ4v) is 4.41. The van der Waals surface area contributed by atoms with E-state index in [1.165, 1.54) is 0 Å². The van der Waals surface area contributed by atoms with Gasteiger partial charge in [0.05, 0.1) is 6.04 Å². The van der Waals surface area contributed by atoms with Crippen molar-refractivity contribution >= 4 is 45.1 Å². The summed E-state index contributed by atoms with van der Waals surface area (Å²) in [5.41, 5.74) is 1.88. The van der Waals surface area contributed by atoms with Crippen LogP contribution in [0, 0.1) is 0 Å². The molecule has 6 heteroatoms. The molecule has 1 aliphatic heterocycles. The van der Waals surface area contributed by atoms with Crippen molar-refractivity contribution in [3.8, 4) is 0 Å². The maximum atomic E-state index is 11.8. The van der Waals surface area contributed by atoms with E-state index >= 15 is 0 Å². The molecule has 0 bridgehead atoms. The Hall–Kier alpha value is -1.07. The highest BCUT2D eigenvalue weighted by Crippen LogP contribution is 2.38. The summed E-state index contributed by atoms with van der Waals surface area (Å²) in [6, 6.07) is 12.6. The first-order chi connectivity index (χ1) is 12.0. The second kappa shape index (κ2) is 8.09. The molecule has 1 heterocycles. The van der Waals surface area contributed by atoms with Crippen LogP contribution in [-0.4, -0.2) is 28.6 Å². The number of carbonyl (C=O) groups is 1. The summed E-state index contributed by atoms with van der Waals surface area (Å²) in [5, 5.41) is 10.8. The van der Waals surface area contributed by atoms with Crippen LogP contribution in [0.3, 0.4) is 0 Å². The molecule has 2 aromatic rings. The Kier molecular flexibility index (Phi) is 6.05. The van der Waals surface area contributed by atoms with Gasteiger partial charge in [-0.1, -0.05) is 63.8 Å². The third-order valence-corrected chi connectivity index (χ3v) is 5.64. The van der Waals surface area contributed by atoms with Gasteiger partial charge in [-0.05, 0) is 54.8 Å². The Balaban J connectivity index is 2.12. The largest absolute Gasteiger partial charge is 0.480 e. The number of hydrogen-bond donors (Lipinski definition) is 1. The number of carboxylic acid groups (broad SMARTS) is 1. The second-order valence-corrected chi connectivity index (χ2v) is 7.97. The lowest BCUT2D eigenvalue weighted by molar-refractivity contribution is -0.145. The summed E-state index contributed by atoms with van der Waals surface area (Å²) in [6.45, 7) is 0.715. The maximum absolute atomic E-state index is 11.8. The van der Waals surface area contributed by atoms with E-state index in [1.807, 2.05) is 35.2 Å². The predicted octanol–water partition coefficient (Wildman–Crippen LogP) is 5.78. The monoisotopic (exact) mass is 441 g/mol. The van der Waals surface area contributed by atoms with Gasteiger partial charge in [-0.3, -0.25) is 9.69 Å². The molecule has 0 spiro atoms. The Labute approximate surface area is 165 Å². The minimum absolute atomic E-state index is 0.233. The number of rotatable bonds is 4. The van der Waals surface area contributed by atoms with E-state index in [9.17, 15) is 9.90 Å². The van der Waals surface area contributed by atoms with E-state index in [0.29, 0.717) is 23.0 Å². The first-order valence-corrected chi connectivity index (χ1v) is 9.71. The fraction of sp³-hybridized carbons (Fsp3) is 0.316. The molecule has 132 valence electrons. The van der Waals surface area contributed by atoms with Crippen LogP contribution in [0.25, 0.3) is 0 Å². The van der Waals surface area contributed by atoms with Gasteiger partial charge in [0.1, 0.15) is 6.04 Å². The highest BCUT2D eigenvalue weighted by molar-refractivity contribution is 9.10. The zero-order valence-electron chi connectivity index (χ0n) is 13.5. The highest BCUT2D eigenvalue weighted by atomic mass is 79.9. The van der Waals surface area contributed by atoms with Crippen LogP contribution in [0.15, 0.2) is 46.9 Å². The van der Waals surface area contributed by atoms with E-state index in [-0.39, 0.29) is 6.04 Å². The summed E-state index contributed by atoms with van der Waals surface area (Å²) in [7, 11) is 0. The van der Waals surface area contributed by atoms with Crippen LogP contribution in [0.5, 0.6) is 0 Å². The molecule has 0 amide bonds. The van der Waals surface area contributed by atoms with E-state index in [4.69, 9.17) is 23.2 Å². The van der Waals surface area contributed by atoms with Crippen molar-refractivity contribution in [1.29, 1.82) is 0 Å². The van der Waals surface area contributed by atoms with E-state index in [2.05, 4.69) is 15.9 Å². The van der Waals surface area contributed by atoms with Crippen molar-refractivity contribution in [2.45, 2.75) is 31.3 Å². The van der Waals surface area contributed by atoms with Crippen molar-refractivity contribution < 1.29 is 9.90 Å². The van der Waals surface area contributed by atoms with Crippen LogP contribution in [-0.2, 0) is 4.79 Å². The Morgan fingerprint density at radius 2 is 2.00 bits per heavy atom. The highest BCUT2D eigenvalue weighted by Gasteiger charge is 2.35. The molecule has 2 unspecified atom stereocenters. The Morgan fingerprint density at radius 3 is 2.68 bits per heavy atom. The van der Waals surface area contributed by atoms with Crippen LogP contribution < -0.4 is 0 Å². The zero-order valence-corrected chi connectivity index (χ0v) is 16.6. The normalized spacial score (nSPS) is 19.6. The van der Waals surface area contributed by atoms with Crippen molar-refractivity contribution in [3.63, 3.8) is 0 Å². The standard InChI is InChI=1S/C19H18BrCl2NO2/c20-13-5-3-4-12(10-13)18(15-8-7-14(21)11-16(15)22)23-9-2-1-6-17(23)19(24)25/h3-5,7-8,10-11,17-18H,1-2,6,9H2,(H,24,25). The van der Waals surface area contributed by atoms with Gasteiger partial charge >= 0.3 is 5.97 Å². The SMILES string of the molecule is O=C(O)C1CCCCN1C(c1cccc(Br)c1)c1ccc(Cl)cc1Cl. The van der Waals surface area contributed by atoms with Crippen molar-refractivity contribution in [1.82, 2.24) is 4.90 Å². The van der Waals surface area contributed by atoms with Gasteiger partial charge in [0.2, 0.25) is 0 Å². The Morgan fingerprint density at radius 1 is 1.20 bits per heavy atom. The number of likely N-dealkylation sites (tertiary alicyclic amines) is 1. The number of hydrogen-bond acceptors (Lipinski definition) is 2. The van der Waals surface area contributed by atoms with Crippen molar-refractivity contribution in [2.75, 3.05) is 6.54 Å². The van der Waals surface area contributed by atoms with Crippen LogP contribution in [0.4, 0.5) is 0 Å². The second-order valence-electron chi connectivity index (χ2n) is 6.21. The predicted molar refractivity (Wildman–Crippen MR) is 104 cm³/mol. The molecule has 3 rings (SSSR count). The maximum Gasteiger partial charge on any atom is 0.320 e. The minimum atomic E-state index is -0.787. The molecule has 25 heavy (non-hydrogen) atoms. The van der Waals surface area contributed by atoms with Gasteiger partial charge in [0, 0.05) is 14.5 Å². The van der Waals surface area contributed by atoms with E-state index in [0.717, 1.165) is 28.4 Å². The van der Waals surface area contributed by atoms with E-state index < -0.39 is 12.0 Å². The Bertz CT molecular complexity index is 784. The first kappa shape index (κ1) is 18.7. The van der Waals surface area contributed by atoms with Gasteiger partial charge in [0.15, 0.2) is 0 Å². The smallest absolute Gasteiger partial charge is 0.320 e. The number of halogens is 3. The summed E-state index contributed by atoms with van der Waals surface area (Å²) in [5.74, 6) is -0.787. The van der Waals surface area contributed by atoms with Crippen molar-refractivity contribution in [2.24, 2.45) is 0 Å². The van der Waals surface area contributed by atoms with Crippen LogP contribution in [0.1, 0.15) is 36.4 Å². The zero-order chi connectivity index (χ0) is 18.0. The molecule has 1 aliphatic rings. The number of nitrogens with zero attached hydrogens (tertiary/aromatic N) is 1. The lowest BCUT2D eigenvalue weighted by atomic mass is 9.91. The molecule has 1 fully saturated rings. The van der Waals surface area contributed by atoms with Gasteiger partial charge < -0.3 is 5.11 Å². The van der Waals surface area contributed by atoms with Crippen LogP contribution >= 0.6 is 39.1 Å². The molecule has 2 aromatic carbocycles. The molecule has 0 aromatic heterocycles. The third kappa shape index (κ3) is 4.20. The summed E-state index contributed by atoms with van der Waals surface area (Å²) in [6.07, 6.45) is 2.54. The number of benzene rings is 2. The summed E-state index contributed by atoms with van der Waals surface area (Å²) >= 11 is 16.1. The molecule has 0 aliphatic carbocycles. The molecule has 0 saturated carbocycles. The van der Waals surface area contributed by atoms with Crippen LogP contribution in [0.2, 0.25) is 10.0 Å². The topological polar surface area (TPSA) is 40.5 Å². The number of carboxylic acids is 1. The number of aliphatic carboxylic acids is 1. The van der Waals surface area contributed by atoms with Gasteiger partial charge in [-0.25, -0.2) is 0 Å². The molecule has 3 nitrogen and oxygen atoms in total. The van der Waals surface area contributed by atoms with Gasteiger partial charge in [-0.15, -0.1) is 0 Å². The van der Waals surface area contributed by atoms with Crippen molar-refractivity contribution in [3.05, 3.63) is 68.1 Å².